The van der Waals surface area contributed by atoms with E-state index in [0.717, 1.165) is 38.3 Å². The molecule has 0 heterocycles. The van der Waals surface area contributed by atoms with Crippen molar-refractivity contribution < 1.29 is 4.79 Å². The van der Waals surface area contributed by atoms with E-state index >= 15 is 0 Å². The Hall–Kier alpha value is -0.265. The summed E-state index contributed by atoms with van der Waals surface area (Å²) in [5.74, 6) is 0.556. The van der Waals surface area contributed by atoms with Crippen molar-refractivity contribution in [3.8, 4) is 0 Å². The van der Waals surface area contributed by atoms with Gasteiger partial charge in [-0.25, -0.2) is 0 Å². The van der Waals surface area contributed by atoms with E-state index in [1.165, 1.54) is 6.42 Å². The Morgan fingerprint density at radius 3 is 2.29 bits per heavy atom. The largest absolute Gasteiger partial charge is 0.300 e. The van der Waals surface area contributed by atoms with Crippen LogP contribution in [-0.2, 0) is 4.79 Å². The monoisotopic (exact) mass is 194 g/mol. The fourth-order valence-corrected chi connectivity index (χ4v) is 3.28. The first kappa shape index (κ1) is 11.8. The Bertz CT molecular complexity index is 198. The molecule has 1 aliphatic rings. The van der Waals surface area contributed by atoms with Crippen LogP contribution < -0.4 is 0 Å². The lowest BCUT2D eigenvalue weighted by atomic mass is 9.27. The summed E-state index contributed by atoms with van der Waals surface area (Å²) in [4.78, 5) is 12.1. The molecule has 1 atom stereocenters. The number of hydrogen-bond acceptors (Lipinski definition) is 1. The maximum atomic E-state index is 12.1. The van der Waals surface area contributed by atoms with Gasteiger partial charge in [-0.1, -0.05) is 46.3 Å². The zero-order valence-corrected chi connectivity index (χ0v) is 9.94. The lowest BCUT2D eigenvalue weighted by Crippen LogP contribution is -2.40. The highest BCUT2D eigenvalue weighted by molar-refractivity contribution is 6.66. The molecule has 0 N–H and O–H groups in total. The smallest absolute Gasteiger partial charge is 0.155 e. The molecule has 14 heavy (non-hydrogen) atoms. The Morgan fingerprint density at radius 2 is 1.86 bits per heavy atom. The van der Waals surface area contributed by atoms with Crippen molar-refractivity contribution in [2.24, 2.45) is 0 Å². The average Bonchev–Trinajstić information content (AvgIpc) is 2.22. The summed E-state index contributed by atoms with van der Waals surface area (Å²) < 4.78 is 0. The van der Waals surface area contributed by atoms with Gasteiger partial charge in [0.15, 0.2) is 6.71 Å². The van der Waals surface area contributed by atoms with E-state index < -0.39 is 0 Å². The first-order chi connectivity index (χ1) is 6.71. The van der Waals surface area contributed by atoms with E-state index in [-0.39, 0.29) is 5.31 Å². The van der Waals surface area contributed by atoms with E-state index in [1.54, 1.807) is 0 Å². The summed E-state index contributed by atoms with van der Waals surface area (Å²) in [6.07, 6.45) is 7.75. The predicted molar refractivity (Wildman–Crippen MR) is 63.2 cm³/mol. The highest BCUT2D eigenvalue weighted by Gasteiger charge is 2.44. The molecule has 1 rings (SSSR count). The van der Waals surface area contributed by atoms with Crippen LogP contribution in [0.15, 0.2) is 0 Å². The van der Waals surface area contributed by atoms with Crippen LogP contribution in [-0.4, -0.2) is 12.5 Å². The minimum Gasteiger partial charge on any atom is -0.300 e. The van der Waals surface area contributed by atoms with Crippen LogP contribution in [0.2, 0.25) is 18.0 Å². The lowest BCUT2D eigenvalue weighted by Gasteiger charge is -2.39. The molecule has 1 aliphatic carbocycles. The van der Waals surface area contributed by atoms with E-state index in [9.17, 15) is 4.79 Å². The van der Waals surface area contributed by atoms with Gasteiger partial charge >= 0.3 is 0 Å². The molecule has 0 spiro atoms. The summed E-state index contributed by atoms with van der Waals surface area (Å²) in [7, 11) is 0. The fraction of sp³-hybridized carbons (Fsp3) is 0.917. The van der Waals surface area contributed by atoms with Crippen LogP contribution in [0.25, 0.3) is 0 Å². The van der Waals surface area contributed by atoms with Crippen LogP contribution in [0, 0.1) is 0 Å². The number of ketones is 1. The van der Waals surface area contributed by atoms with Crippen molar-refractivity contribution in [1.82, 2.24) is 0 Å². The quantitative estimate of drug-likeness (QED) is 0.622. The van der Waals surface area contributed by atoms with E-state index in [1.807, 2.05) is 0 Å². The minimum atomic E-state index is 0.0573. The molecule has 0 amide bonds. The zero-order valence-electron chi connectivity index (χ0n) is 9.94. The van der Waals surface area contributed by atoms with E-state index in [4.69, 9.17) is 0 Å². The number of carbonyl (C=O) groups is 1. The van der Waals surface area contributed by atoms with Gasteiger partial charge in [0.1, 0.15) is 5.78 Å². The number of Topliss-reactive ketones (excluding diaryl/α,β-unsaturated/α-hetero) is 1. The standard InChI is InChI=1S/C12H23BO/c1-4-12(13(5-2)6-3)10-8-7-9-11(12)14/h4-10H2,1-3H3. The molecule has 2 heteroatoms. The van der Waals surface area contributed by atoms with Gasteiger partial charge in [0.25, 0.3) is 0 Å². The third-order valence-electron chi connectivity index (χ3n) is 4.23. The molecule has 0 radical (unpaired) electrons. The second-order valence-corrected chi connectivity index (χ2v) is 4.65. The average molecular weight is 194 g/mol. The van der Waals surface area contributed by atoms with E-state index in [2.05, 4.69) is 20.8 Å². The summed E-state index contributed by atoms with van der Waals surface area (Å²) in [6, 6.07) is 0. The Kier molecular flexibility index (Phi) is 4.21. The normalized spacial score (nSPS) is 27.8. The Morgan fingerprint density at radius 1 is 1.21 bits per heavy atom. The summed E-state index contributed by atoms with van der Waals surface area (Å²) in [6.45, 7) is 7.28. The fourth-order valence-electron chi connectivity index (χ4n) is 3.28. The van der Waals surface area contributed by atoms with Crippen LogP contribution in [0.3, 0.4) is 0 Å². The molecule has 0 bridgehead atoms. The minimum absolute atomic E-state index is 0.0573. The SMILES string of the molecule is CCB(CC)C1(CC)CCCCC1=O. The van der Waals surface area contributed by atoms with Gasteiger partial charge in [-0.3, -0.25) is 4.79 Å². The Balaban J connectivity index is 2.86. The van der Waals surface area contributed by atoms with Crippen LogP contribution in [0.4, 0.5) is 0 Å². The summed E-state index contributed by atoms with van der Waals surface area (Å²) >= 11 is 0. The molecule has 1 unspecified atom stereocenters. The molecule has 80 valence electrons. The first-order valence-corrected chi connectivity index (χ1v) is 6.24. The number of carbonyl (C=O) groups excluding carboxylic acids is 1. The van der Waals surface area contributed by atoms with Gasteiger partial charge in [-0.05, 0) is 12.8 Å². The van der Waals surface area contributed by atoms with Crippen molar-refractivity contribution in [3.63, 3.8) is 0 Å². The van der Waals surface area contributed by atoms with Crippen molar-refractivity contribution in [1.29, 1.82) is 0 Å². The van der Waals surface area contributed by atoms with Crippen molar-refractivity contribution in [2.45, 2.75) is 70.8 Å². The maximum Gasteiger partial charge on any atom is 0.155 e. The highest BCUT2D eigenvalue weighted by Crippen LogP contribution is 2.47. The molecule has 0 aromatic rings. The maximum absolute atomic E-state index is 12.1. The van der Waals surface area contributed by atoms with Crippen molar-refractivity contribution in [2.75, 3.05) is 0 Å². The lowest BCUT2D eigenvalue weighted by molar-refractivity contribution is -0.123. The third kappa shape index (κ3) is 1.89. The predicted octanol–water partition coefficient (Wildman–Crippen LogP) is 3.81. The van der Waals surface area contributed by atoms with Crippen molar-refractivity contribution in [3.05, 3.63) is 0 Å². The number of rotatable bonds is 4. The second kappa shape index (κ2) is 5.00. The highest BCUT2D eigenvalue weighted by atomic mass is 16.1. The van der Waals surface area contributed by atoms with Gasteiger partial charge in [-0.2, -0.15) is 0 Å². The third-order valence-corrected chi connectivity index (χ3v) is 4.23. The van der Waals surface area contributed by atoms with Crippen LogP contribution in [0.5, 0.6) is 0 Å². The van der Waals surface area contributed by atoms with Gasteiger partial charge < -0.3 is 0 Å². The second-order valence-electron chi connectivity index (χ2n) is 4.65. The van der Waals surface area contributed by atoms with Gasteiger partial charge in [0, 0.05) is 11.7 Å². The molecule has 0 aliphatic heterocycles. The molecule has 1 nitrogen and oxygen atoms in total. The molecular formula is C12H23BO. The molecular weight excluding hydrogens is 171 g/mol. The summed E-state index contributed by atoms with van der Waals surface area (Å²) in [5.41, 5.74) is 0. The molecule has 1 saturated carbocycles. The molecule has 1 fully saturated rings. The van der Waals surface area contributed by atoms with E-state index in [0.29, 0.717) is 12.5 Å². The molecule has 0 saturated heterocycles. The number of hydrogen-bond donors (Lipinski definition) is 0. The topological polar surface area (TPSA) is 17.1 Å². The van der Waals surface area contributed by atoms with Gasteiger partial charge in [0.05, 0.1) is 0 Å². The molecule has 0 aromatic heterocycles. The zero-order chi connectivity index (χ0) is 10.6. The first-order valence-electron chi connectivity index (χ1n) is 6.24. The van der Waals surface area contributed by atoms with Gasteiger partial charge in [-0.15, -0.1) is 0 Å². The van der Waals surface area contributed by atoms with Gasteiger partial charge in [0.2, 0.25) is 0 Å². The van der Waals surface area contributed by atoms with Crippen LogP contribution >= 0.6 is 0 Å². The molecule has 0 aromatic carbocycles. The van der Waals surface area contributed by atoms with Crippen molar-refractivity contribution >= 4 is 12.5 Å². The van der Waals surface area contributed by atoms with Crippen LogP contribution in [0.1, 0.15) is 52.9 Å². The Labute approximate surface area is 88.7 Å². The summed E-state index contributed by atoms with van der Waals surface area (Å²) in [5, 5.41) is 0.0573.